The minimum absolute atomic E-state index is 0.112. The van der Waals surface area contributed by atoms with E-state index in [2.05, 4.69) is 6.92 Å². The molecule has 0 aromatic heterocycles. The molecule has 0 bridgehead atoms. The van der Waals surface area contributed by atoms with Gasteiger partial charge >= 0.3 is 0 Å². The zero-order chi connectivity index (χ0) is 10.8. The normalized spacial score (nSPS) is 56.8. The predicted octanol–water partition coefficient (Wildman–Crippen LogP) is 1.02. The summed E-state index contributed by atoms with van der Waals surface area (Å²) in [5.41, 5.74) is -0.835. The van der Waals surface area contributed by atoms with Gasteiger partial charge in [0.15, 0.2) is 12.1 Å². The van der Waals surface area contributed by atoms with Gasteiger partial charge in [0, 0.05) is 0 Å². The Bertz CT molecular complexity index is 290. The van der Waals surface area contributed by atoms with Crippen molar-refractivity contribution in [3.63, 3.8) is 0 Å². The van der Waals surface area contributed by atoms with Gasteiger partial charge < -0.3 is 19.3 Å². The van der Waals surface area contributed by atoms with Gasteiger partial charge in [-0.15, -0.1) is 0 Å². The Morgan fingerprint density at radius 2 is 2.00 bits per heavy atom. The molecule has 0 amide bonds. The molecule has 1 saturated carbocycles. The molecular formula is C11H18O4. The Hall–Kier alpha value is -0.160. The lowest BCUT2D eigenvalue weighted by Gasteiger charge is -2.28. The molecule has 15 heavy (non-hydrogen) atoms. The zero-order valence-electron chi connectivity index (χ0n) is 9.40. The smallest absolute Gasteiger partial charge is 0.190 e. The van der Waals surface area contributed by atoms with E-state index in [4.69, 9.17) is 14.2 Å². The average molecular weight is 214 g/mol. The number of hydrogen-bond donors (Lipinski definition) is 1. The van der Waals surface area contributed by atoms with Crippen molar-refractivity contribution >= 4 is 0 Å². The van der Waals surface area contributed by atoms with E-state index in [1.165, 1.54) is 0 Å². The topological polar surface area (TPSA) is 47.9 Å². The molecule has 86 valence electrons. The lowest BCUT2D eigenvalue weighted by molar-refractivity contribution is -0.224. The summed E-state index contributed by atoms with van der Waals surface area (Å²) in [6.07, 6.45) is 0.832. The molecule has 0 unspecified atom stereocenters. The van der Waals surface area contributed by atoms with Crippen molar-refractivity contribution in [1.82, 2.24) is 0 Å². The van der Waals surface area contributed by atoms with Crippen LogP contribution in [0.4, 0.5) is 0 Å². The van der Waals surface area contributed by atoms with Crippen LogP contribution in [0.1, 0.15) is 33.6 Å². The first-order chi connectivity index (χ1) is 6.91. The van der Waals surface area contributed by atoms with E-state index < -0.39 is 11.4 Å². The molecule has 2 heterocycles. The first-order valence-electron chi connectivity index (χ1n) is 5.64. The van der Waals surface area contributed by atoms with Crippen molar-refractivity contribution in [3.05, 3.63) is 0 Å². The highest BCUT2D eigenvalue weighted by atomic mass is 16.8. The van der Waals surface area contributed by atoms with Crippen molar-refractivity contribution < 1.29 is 19.3 Å². The Morgan fingerprint density at radius 1 is 1.27 bits per heavy atom. The lowest BCUT2D eigenvalue weighted by atomic mass is 9.94. The van der Waals surface area contributed by atoms with Crippen LogP contribution in [0.2, 0.25) is 0 Å². The van der Waals surface area contributed by atoms with Gasteiger partial charge in [0.25, 0.3) is 0 Å². The van der Waals surface area contributed by atoms with Crippen molar-refractivity contribution in [2.75, 3.05) is 0 Å². The SMILES string of the molecule is C[C@H]1C[C@H]2O[C@@H]3OC(C)(C)O[C@@H]3[C@@]2(O)C1. The third-order valence-electron chi connectivity index (χ3n) is 3.70. The fourth-order valence-corrected chi connectivity index (χ4v) is 3.14. The number of rotatable bonds is 0. The van der Waals surface area contributed by atoms with Gasteiger partial charge in [-0.1, -0.05) is 6.92 Å². The minimum atomic E-state index is -0.835. The number of ether oxygens (including phenoxy) is 3. The molecule has 2 saturated heterocycles. The molecule has 0 radical (unpaired) electrons. The van der Waals surface area contributed by atoms with E-state index in [-0.39, 0.29) is 18.5 Å². The first kappa shape index (κ1) is 10.0. The predicted molar refractivity (Wildman–Crippen MR) is 52.0 cm³/mol. The van der Waals surface area contributed by atoms with Crippen LogP contribution in [0.5, 0.6) is 0 Å². The van der Waals surface area contributed by atoms with E-state index in [0.29, 0.717) is 5.92 Å². The highest BCUT2D eigenvalue weighted by Crippen LogP contribution is 2.51. The van der Waals surface area contributed by atoms with Crippen molar-refractivity contribution in [2.45, 2.75) is 63.5 Å². The third-order valence-corrected chi connectivity index (χ3v) is 3.70. The van der Waals surface area contributed by atoms with Crippen LogP contribution in [0.15, 0.2) is 0 Å². The van der Waals surface area contributed by atoms with Crippen LogP contribution >= 0.6 is 0 Å². The molecule has 2 aliphatic heterocycles. The second-order valence-corrected chi connectivity index (χ2v) is 5.59. The fraction of sp³-hybridized carbons (Fsp3) is 1.00. The third kappa shape index (κ3) is 1.29. The second kappa shape index (κ2) is 2.74. The summed E-state index contributed by atoms with van der Waals surface area (Å²) in [4.78, 5) is 0. The van der Waals surface area contributed by atoms with Crippen LogP contribution in [0, 0.1) is 5.92 Å². The summed E-state index contributed by atoms with van der Waals surface area (Å²) in [5, 5.41) is 10.6. The zero-order valence-corrected chi connectivity index (χ0v) is 9.40. The Morgan fingerprint density at radius 3 is 2.73 bits per heavy atom. The quantitative estimate of drug-likeness (QED) is 0.654. The maximum absolute atomic E-state index is 10.6. The van der Waals surface area contributed by atoms with Crippen molar-refractivity contribution in [1.29, 1.82) is 0 Å². The molecule has 4 nitrogen and oxygen atoms in total. The number of fused-ring (bicyclic) bond motifs is 3. The van der Waals surface area contributed by atoms with Crippen molar-refractivity contribution in [2.24, 2.45) is 5.92 Å². The first-order valence-corrected chi connectivity index (χ1v) is 5.64. The molecule has 0 spiro atoms. The van der Waals surface area contributed by atoms with Gasteiger partial charge in [0.05, 0.1) is 6.10 Å². The molecule has 4 heteroatoms. The van der Waals surface area contributed by atoms with Gasteiger partial charge in [-0.2, -0.15) is 0 Å². The molecule has 1 N–H and O–H groups in total. The highest BCUT2D eigenvalue weighted by Gasteiger charge is 2.65. The summed E-state index contributed by atoms with van der Waals surface area (Å²) in [6.45, 7) is 5.84. The number of aliphatic hydroxyl groups is 1. The Balaban J connectivity index is 1.87. The monoisotopic (exact) mass is 214 g/mol. The molecule has 1 aliphatic carbocycles. The Kier molecular flexibility index (Phi) is 1.83. The molecule has 3 fully saturated rings. The minimum Gasteiger partial charge on any atom is -0.384 e. The summed E-state index contributed by atoms with van der Waals surface area (Å²) < 4.78 is 17.1. The summed E-state index contributed by atoms with van der Waals surface area (Å²) in [7, 11) is 0. The van der Waals surface area contributed by atoms with Gasteiger partial charge in [-0.3, -0.25) is 0 Å². The molecular weight excluding hydrogens is 196 g/mol. The molecule has 0 aromatic rings. The van der Waals surface area contributed by atoms with Gasteiger partial charge in [0.2, 0.25) is 0 Å². The molecule has 3 rings (SSSR count). The maximum atomic E-state index is 10.6. The summed E-state index contributed by atoms with van der Waals surface area (Å²) >= 11 is 0. The average Bonchev–Trinajstić information content (AvgIpc) is 2.58. The van der Waals surface area contributed by atoms with Crippen LogP contribution in [-0.4, -0.2) is 35.0 Å². The second-order valence-electron chi connectivity index (χ2n) is 5.59. The van der Waals surface area contributed by atoms with E-state index in [1.54, 1.807) is 0 Å². The summed E-state index contributed by atoms with van der Waals surface area (Å²) in [5.74, 6) is -0.143. The van der Waals surface area contributed by atoms with Gasteiger partial charge in [0.1, 0.15) is 11.7 Å². The van der Waals surface area contributed by atoms with Gasteiger partial charge in [-0.25, -0.2) is 0 Å². The highest BCUT2D eigenvalue weighted by molar-refractivity contribution is 5.09. The largest absolute Gasteiger partial charge is 0.384 e. The van der Waals surface area contributed by atoms with Crippen LogP contribution in [0.3, 0.4) is 0 Å². The van der Waals surface area contributed by atoms with E-state index >= 15 is 0 Å². The lowest BCUT2D eigenvalue weighted by Crippen LogP contribution is -2.45. The van der Waals surface area contributed by atoms with E-state index in [9.17, 15) is 5.11 Å². The van der Waals surface area contributed by atoms with Crippen molar-refractivity contribution in [3.8, 4) is 0 Å². The molecule has 5 atom stereocenters. The fourth-order valence-electron chi connectivity index (χ4n) is 3.14. The maximum Gasteiger partial charge on any atom is 0.190 e. The van der Waals surface area contributed by atoms with Crippen LogP contribution in [0.25, 0.3) is 0 Å². The summed E-state index contributed by atoms with van der Waals surface area (Å²) in [6, 6.07) is 0. The molecule has 0 aromatic carbocycles. The van der Waals surface area contributed by atoms with E-state index in [0.717, 1.165) is 12.8 Å². The van der Waals surface area contributed by atoms with Crippen LogP contribution in [-0.2, 0) is 14.2 Å². The Labute approximate surface area is 89.5 Å². The molecule has 3 aliphatic rings. The number of hydrogen-bond acceptors (Lipinski definition) is 4. The van der Waals surface area contributed by atoms with E-state index in [1.807, 2.05) is 13.8 Å². The van der Waals surface area contributed by atoms with Crippen LogP contribution < -0.4 is 0 Å². The standard InChI is InChI=1S/C11H18O4/c1-6-4-7-11(12,5-6)8-9(13-7)15-10(2,3)14-8/h6-9,12H,4-5H2,1-3H3/t6-,7+,8-,9+,11+/m0/s1. The van der Waals surface area contributed by atoms with Gasteiger partial charge in [-0.05, 0) is 32.6 Å².